The number of anilines is 1. The largest absolute Gasteiger partial charge is 0.493 e. The van der Waals surface area contributed by atoms with Crippen LogP contribution in [0.25, 0.3) is 5.70 Å². The van der Waals surface area contributed by atoms with Crippen molar-refractivity contribution in [1.82, 2.24) is 14.8 Å². The van der Waals surface area contributed by atoms with Crippen LogP contribution in [0.3, 0.4) is 0 Å². The van der Waals surface area contributed by atoms with Crippen molar-refractivity contribution in [2.45, 2.75) is 19.1 Å². The molecule has 6 rings (SSSR count). The Morgan fingerprint density at radius 1 is 0.912 bits per heavy atom. The maximum Gasteiger partial charge on any atom is 0.226 e. The second-order valence-corrected chi connectivity index (χ2v) is 8.32. The maximum absolute atomic E-state index is 6.72. The molecular weight excluding hydrogens is 428 g/mol. The van der Waals surface area contributed by atoms with Crippen molar-refractivity contribution in [2.24, 2.45) is 0 Å². The summed E-state index contributed by atoms with van der Waals surface area (Å²) in [6.07, 6.45) is 1.14. The van der Waals surface area contributed by atoms with Crippen LogP contribution in [0.1, 0.15) is 34.4 Å². The van der Waals surface area contributed by atoms with Gasteiger partial charge in [-0.05, 0) is 36.2 Å². The average Bonchev–Trinajstić information content (AvgIpc) is 3.35. The summed E-state index contributed by atoms with van der Waals surface area (Å²) in [6.45, 7) is 2.12. The first-order valence-electron chi connectivity index (χ1n) is 11.1. The number of benzene rings is 3. The number of aryl methyl sites for hydroxylation is 1. The van der Waals surface area contributed by atoms with E-state index in [1.165, 1.54) is 0 Å². The van der Waals surface area contributed by atoms with E-state index in [4.69, 9.17) is 14.2 Å². The van der Waals surface area contributed by atoms with Gasteiger partial charge in [0.1, 0.15) is 18.1 Å². The highest BCUT2D eigenvalue weighted by atomic mass is 16.5. The van der Waals surface area contributed by atoms with Crippen molar-refractivity contribution in [3.05, 3.63) is 101 Å². The van der Waals surface area contributed by atoms with Gasteiger partial charge in [0.2, 0.25) is 5.95 Å². The van der Waals surface area contributed by atoms with Gasteiger partial charge in [0.25, 0.3) is 0 Å². The molecule has 0 fully saturated rings. The van der Waals surface area contributed by atoms with Gasteiger partial charge in [-0.1, -0.05) is 48.5 Å². The van der Waals surface area contributed by atoms with Gasteiger partial charge in [-0.3, -0.25) is 0 Å². The molecule has 0 bridgehead atoms. The molecule has 0 spiro atoms. The predicted molar refractivity (Wildman–Crippen MR) is 129 cm³/mol. The molecule has 7 heteroatoms. The number of nitrogens with zero attached hydrogens (tertiary/aromatic N) is 3. The van der Waals surface area contributed by atoms with Gasteiger partial charge in [-0.15, -0.1) is 0 Å². The quantitative estimate of drug-likeness (QED) is 0.461. The first-order chi connectivity index (χ1) is 16.7. The molecule has 0 saturated heterocycles. The lowest BCUT2D eigenvalue weighted by Gasteiger charge is -2.39. The summed E-state index contributed by atoms with van der Waals surface area (Å²) in [5, 5.41) is 8.14. The summed E-state index contributed by atoms with van der Waals surface area (Å²) < 4.78 is 20.1. The molecule has 2 aliphatic heterocycles. The van der Waals surface area contributed by atoms with Crippen LogP contribution in [0.4, 0.5) is 5.95 Å². The third-order valence-electron chi connectivity index (χ3n) is 6.52. The lowest BCUT2D eigenvalue weighted by atomic mass is 9.83. The van der Waals surface area contributed by atoms with Gasteiger partial charge in [-0.25, -0.2) is 4.68 Å². The number of para-hydroxylation sites is 2. The normalized spacial score (nSPS) is 18.2. The van der Waals surface area contributed by atoms with Crippen LogP contribution < -0.4 is 19.5 Å². The molecule has 2 atom stereocenters. The number of ether oxygens (including phenoxy) is 3. The SMILES string of the molecule is COc1cccc([C@H]2Oc3ccccc3C3=C2[C@@H](c2ccccc2C)n2ncnc2N3)c1OC. The monoisotopic (exact) mass is 452 g/mol. The van der Waals surface area contributed by atoms with Crippen LogP contribution in [0.2, 0.25) is 0 Å². The maximum atomic E-state index is 6.72. The molecule has 0 unspecified atom stereocenters. The van der Waals surface area contributed by atoms with Crippen LogP contribution in [0, 0.1) is 6.92 Å². The number of hydrogen-bond acceptors (Lipinski definition) is 6. The lowest BCUT2D eigenvalue weighted by Crippen LogP contribution is -2.33. The highest BCUT2D eigenvalue weighted by Crippen LogP contribution is 2.53. The van der Waals surface area contributed by atoms with Crippen LogP contribution in [-0.2, 0) is 0 Å². The van der Waals surface area contributed by atoms with Gasteiger partial charge in [0, 0.05) is 16.7 Å². The Balaban J connectivity index is 1.66. The Bertz CT molecular complexity index is 1420. The molecule has 0 amide bonds. The second-order valence-electron chi connectivity index (χ2n) is 8.32. The number of methoxy groups -OCH3 is 2. The standard InChI is InChI=1S/C27H24N4O3/c1-16-9-4-5-10-17(16)24-22-23(30-27-28-15-29-31(24)27)18-11-6-7-13-20(18)34-26(22)19-12-8-14-21(32-2)25(19)33-3/h4-15,24,26H,1-3H3,(H,28,29,30)/t24-,26-/m1/s1. The molecular formula is C27H24N4O3. The zero-order valence-corrected chi connectivity index (χ0v) is 19.1. The van der Waals surface area contributed by atoms with E-state index in [1.54, 1.807) is 20.5 Å². The summed E-state index contributed by atoms with van der Waals surface area (Å²) >= 11 is 0. The van der Waals surface area contributed by atoms with Crippen LogP contribution in [0.15, 0.2) is 78.6 Å². The predicted octanol–water partition coefficient (Wildman–Crippen LogP) is 5.16. The Morgan fingerprint density at radius 2 is 1.71 bits per heavy atom. The van der Waals surface area contributed by atoms with Crippen LogP contribution in [0.5, 0.6) is 17.2 Å². The Kier molecular flexibility index (Phi) is 4.76. The summed E-state index contributed by atoms with van der Waals surface area (Å²) in [4.78, 5) is 4.51. The minimum absolute atomic E-state index is 0.218. The third kappa shape index (κ3) is 2.97. The van der Waals surface area contributed by atoms with Gasteiger partial charge in [0.05, 0.1) is 19.9 Å². The van der Waals surface area contributed by atoms with Crippen molar-refractivity contribution < 1.29 is 14.2 Å². The minimum atomic E-state index is -0.440. The topological polar surface area (TPSA) is 70.4 Å². The van der Waals surface area contributed by atoms with Gasteiger partial charge in [0.15, 0.2) is 17.6 Å². The Hall–Kier alpha value is -4.26. The Labute approximate surface area is 197 Å². The van der Waals surface area contributed by atoms with Crippen molar-refractivity contribution in [3.63, 3.8) is 0 Å². The highest BCUT2D eigenvalue weighted by Gasteiger charge is 2.42. The number of rotatable bonds is 4. The molecule has 3 aromatic carbocycles. The van der Waals surface area contributed by atoms with E-state index in [2.05, 4.69) is 46.6 Å². The molecule has 1 aromatic heterocycles. The van der Waals surface area contributed by atoms with Gasteiger partial charge >= 0.3 is 0 Å². The van der Waals surface area contributed by atoms with Crippen LogP contribution in [-0.4, -0.2) is 29.0 Å². The molecule has 4 aromatic rings. The zero-order chi connectivity index (χ0) is 23.2. The van der Waals surface area contributed by atoms with E-state index >= 15 is 0 Å². The summed E-state index contributed by atoms with van der Waals surface area (Å²) in [5.41, 5.74) is 6.19. The second kappa shape index (κ2) is 7.95. The van der Waals surface area contributed by atoms with E-state index in [0.717, 1.165) is 39.3 Å². The molecule has 34 heavy (non-hydrogen) atoms. The number of aromatic nitrogens is 3. The summed E-state index contributed by atoms with van der Waals surface area (Å²) in [7, 11) is 3.30. The van der Waals surface area contributed by atoms with E-state index in [9.17, 15) is 0 Å². The van der Waals surface area contributed by atoms with Crippen LogP contribution >= 0.6 is 0 Å². The first kappa shape index (κ1) is 20.4. The van der Waals surface area contributed by atoms with E-state index in [1.807, 2.05) is 47.1 Å². The molecule has 0 saturated carbocycles. The van der Waals surface area contributed by atoms with Gasteiger partial charge < -0.3 is 19.5 Å². The van der Waals surface area contributed by atoms with E-state index in [-0.39, 0.29) is 6.04 Å². The minimum Gasteiger partial charge on any atom is -0.493 e. The van der Waals surface area contributed by atoms with E-state index < -0.39 is 6.10 Å². The van der Waals surface area contributed by atoms with E-state index in [0.29, 0.717) is 17.4 Å². The van der Waals surface area contributed by atoms with Crippen molar-refractivity contribution in [1.29, 1.82) is 0 Å². The fraction of sp³-hybridized carbons (Fsp3) is 0.185. The lowest BCUT2D eigenvalue weighted by molar-refractivity contribution is 0.216. The van der Waals surface area contributed by atoms with Crippen molar-refractivity contribution in [2.75, 3.05) is 19.5 Å². The highest BCUT2D eigenvalue weighted by molar-refractivity contribution is 5.85. The Morgan fingerprint density at radius 3 is 2.53 bits per heavy atom. The first-order valence-corrected chi connectivity index (χ1v) is 11.1. The molecule has 1 N–H and O–H groups in total. The fourth-order valence-electron chi connectivity index (χ4n) is 4.99. The average molecular weight is 453 g/mol. The number of nitrogens with one attached hydrogen (secondary N) is 1. The number of fused-ring (bicyclic) bond motifs is 3. The molecule has 0 radical (unpaired) electrons. The summed E-state index contributed by atoms with van der Waals surface area (Å²) in [5.74, 6) is 2.79. The van der Waals surface area contributed by atoms with Gasteiger partial charge in [-0.2, -0.15) is 10.1 Å². The summed E-state index contributed by atoms with van der Waals surface area (Å²) in [6, 6.07) is 22.1. The molecule has 0 aliphatic carbocycles. The smallest absolute Gasteiger partial charge is 0.226 e. The number of hydrogen-bond donors (Lipinski definition) is 1. The fourth-order valence-corrected chi connectivity index (χ4v) is 4.99. The van der Waals surface area contributed by atoms with Crippen molar-refractivity contribution >= 4 is 11.6 Å². The van der Waals surface area contributed by atoms with Crippen molar-refractivity contribution in [3.8, 4) is 17.2 Å². The third-order valence-corrected chi connectivity index (χ3v) is 6.52. The molecule has 170 valence electrons. The molecule has 2 aliphatic rings. The molecule has 3 heterocycles. The molecule has 7 nitrogen and oxygen atoms in total. The zero-order valence-electron chi connectivity index (χ0n) is 19.1.